The predicted octanol–water partition coefficient (Wildman–Crippen LogP) is 2.82. The lowest BCUT2D eigenvalue weighted by Gasteiger charge is -2.26. The Morgan fingerprint density at radius 2 is 1.85 bits per heavy atom. The maximum atomic E-state index is 9.27. The molecule has 0 saturated carbocycles. The molecule has 0 amide bonds. The van der Waals surface area contributed by atoms with Crippen LogP contribution in [0.4, 0.5) is 0 Å². The highest BCUT2D eigenvalue weighted by atomic mass is 16.5. The van der Waals surface area contributed by atoms with Crippen molar-refractivity contribution in [1.82, 2.24) is 0 Å². The minimum atomic E-state index is 0.0979. The molecule has 3 nitrogen and oxygen atoms in total. The Kier molecular flexibility index (Phi) is 3.61. The summed E-state index contributed by atoms with van der Waals surface area (Å²) in [5.41, 5.74) is 3.60. The lowest BCUT2D eigenvalue weighted by molar-refractivity contribution is 0.184. The van der Waals surface area contributed by atoms with E-state index in [0.717, 1.165) is 30.6 Å². The molecule has 2 N–H and O–H groups in total. The fraction of sp³-hybridized carbons (Fsp3) is 0.294. The van der Waals surface area contributed by atoms with Crippen molar-refractivity contribution in [3.8, 4) is 11.5 Å². The zero-order valence-electron chi connectivity index (χ0n) is 11.2. The maximum Gasteiger partial charge on any atom is 0.120 e. The van der Waals surface area contributed by atoms with Crippen LogP contribution in [0.25, 0.3) is 0 Å². The molecule has 1 aliphatic rings. The van der Waals surface area contributed by atoms with Crippen molar-refractivity contribution in [2.75, 3.05) is 0 Å². The van der Waals surface area contributed by atoms with Crippen molar-refractivity contribution in [2.45, 2.75) is 32.0 Å². The maximum absolute atomic E-state index is 9.27. The van der Waals surface area contributed by atoms with Gasteiger partial charge < -0.3 is 14.9 Å². The SMILES string of the molecule is OCc1ccc2c(c1)CCC(Oc1ccc(O)cc1)C2. The van der Waals surface area contributed by atoms with Crippen molar-refractivity contribution in [3.63, 3.8) is 0 Å². The van der Waals surface area contributed by atoms with Crippen molar-refractivity contribution < 1.29 is 14.9 Å². The third-order valence-corrected chi connectivity index (χ3v) is 3.78. The van der Waals surface area contributed by atoms with Crippen LogP contribution in [0.2, 0.25) is 0 Å². The molecule has 20 heavy (non-hydrogen) atoms. The lowest BCUT2D eigenvalue weighted by Crippen LogP contribution is -2.25. The van der Waals surface area contributed by atoms with Gasteiger partial charge in [0.1, 0.15) is 17.6 Å². The Labute approximate surface area is 118 Å². The summed E-state index contributed by atoms with van der Waals surface area (Å²) in [7, 11) is 0. The minimum Gasteiger partial charge on any atom is -0.508 e. The number of aromatic hydroxyl groups is 1. The van der Waals surface area contributed by atoms with Gasteiger partial charge >= 0.3 is 0 Å². The van der Waals surface area contributed by atoms with Gasteiger partial charge in [-0.15, -0.1) is 0 Å². The summed E-state index contributed by atoms with van der Waals surface area (Å²) >= 11 is 0. The largest absolute Gasteiger partial charge is 0.508 e. The number of phenolic OH excluding ortho intramolecular Hbond substituents is 1. The average molecular weight is 270 g/mol. The van der Waals surface area contributed by atoms with Crippen LogP contribution in [0.3, 0.4) is 0 Å². The van der Waals surface area contributed by atoms with Gasteiger partial charge in [0.05, 0.1) is 6.61 Å². The summed E-state index contributed by atoms with van der Waals surface area (Å²) in [4.78, 5) is 0. The smallest absolute Gasteiger partial charge is 0.120 e. The van der Waals surface area contributed by atoms with Crippen molar-refractivity contribution in [3.05, 3.63) is 59.2 Å². The Bertz CT molecular complexity index is 590. The molecule has 0 saturated heterocycles. The standard InChI is InChI=1S/C17H18O3/c18-11-12-1-2-14-10-17(6-3-13(14)9-12)20-16-7-4-15(19)5-8-16/h1-2,4-5,7-9,17-19H,3,6,10-11H2. The van der Waals surface area contributed by atoms with Gasteiger partial charge in [-0.1, -0.05) is 18.2 Å². The molecular weight excluding hydrogens is 252 g/mol. The summed E-state index contributed by atoms with van der Waals surface area (Å²) in [6.07, 6.45) is 3.02. The van der Waals surface area contributed by atoms with Gasteiger partial charge in [0.25, 0.3) is 0 Å². The molecular formula is C17H18O3. The van der Waals surface area contributed by atoms with Gasteiger partial charge in [-0.2, -0.15) is 0 Å². The first kappa shape index (κ1) is 13.0. The van der Waals surface area contributed by atoms with Gasteiger partial charge in [-0.3, -0.25) is 0 Å². The minimum absolute atomic E-state index is 0.0979. The molecule has 0 aliphatic heterocycles. The zero-order valence-corrected chi connectivity index (χ0v) is 11.2. The summed E-state index contributed by atoms with van der Waals surface area (Å²) < 4.78 is 5.96. The summed E-state index contributed by atoms with van der Waals surface area (Å²) in [6, 6.07) is 13.0. The van der Waals surface area contributed by atoms with E-state index in [9.17, 15) is 5.11 Å². The van der Waals surface area contributed by atoms with Crippen LogP contribution in [0.5, 0.6) is 11.5 Å². The topological polar surface area (TPSA) is 49.7 Å². The Balaban J connectivity index is 1.70. The fourth-order valence-corrected chi connectivity index (χ4v) is 2.69. The van der Waals surface area contributed by atoms with Gasteiger partial charge in [0, 0.05) is 6.42 Å². The number of hydrogen-bond donors (Lipinski definition) is 2. The molecule has 1 aliphatic carbocycles. The molecule has 3 rings (SSSR count). The summed E-state index contributed by atoms with van der Waals surface area (Å²) in [5, 5.41) is 18.4. The number of hydrogen-bond acceptors (Lipinski definition) is 3. The number of aliphatic hydroxyl groups excluding tert-OH is 1. The molecule has 1 unspecified atom stereocenters. The first-order chi connectivity index (χ1) is 9.74. The molecule has 0 spiro atoms. The van der Waals surface area contributed by atoms with E-state index in [1.807, 2.05) is 6.07 Å². The van der Waals surface area contributed by atoms with Crippen LogP contribution in [-0.2, 0) is 19.4 Å². The van der Waals surface area contributed by atoms with Crippen molar-refractivity contribution >= 4 is 0 Å². The van der Waals surface area contributed by atoms with E-state index in [-0.39, 0.29) is 18.5 Å². The first-order valence-electron chi connectivity index (χ1n) is 6.92. The quantitative estimate of drug-likeness (QED) is 0.901. The van der Waals surface area contributed by atoms with Crippen LogP contribution in [0.1, 0.15) is 23.1 Å². The van der Waals surface area contributed by atoms with Gasteiger partial charge in [0.2, 0.25) is 0 Å². The molecule has 3 heteroatoms. The number of benzene rings is 2. The predicted molar refractivity (Wildman–Crippen MR) is 76.9 cm³/mol. The van der Waals surface area contributed by atoms with Crippen LogP contribution in [-0.4, -0.2) is 16.3 Å². The van der Waals surface area contributed by atoms with Crippen LogP contribution in [0.15, 0.2) is 42.5 Å². The molecule has 0 bridgehead atoms. The summed E-state index contributed by atoms with van der Waals surface area (Å²) in [5.74, 6) is 1.05. The molecule has 1 atom stereocenters. The van der Waals surface area contributed by atoms with Crippen molar-refractivity contribution in [2.24, 2.45) is 0 Å². The zero-order chi connectivity index (χ0) is 13.9. The molecule has 0 heterocycles. The van der Waals surface area contributed by atoms with Gasteiger partial charge in [-0.25, -0.2) is 0 Å². The number of fused-ring (bicyclic) bond motifs is 1. The average Bonchev–Trinajstić information content (AvgIpc) is 2.49. The molecule has 0 fully saturated rings. The number of ether oxygens (including phenoxy) is 1. The van der Waals surface area contributed by atoms with E-state index >= 15 is 0 Å². The highest BCUT2D eigenvalue weighted by Gasteiger charge is 2.20. The third kappa shape index (κ3) is 2.78. The highest BCUT2D eigenvalue weighted by Crippen LogP contribution is 2.26. The fourth-order valence-electron chi connectivity index (χ4n) is 2.69. The second-order valence-electron chi connectivity index (χ2n) is 5.24. The molecule has 2 aromatic rings. The molecule has 104 valence electrons. The first-order valence-corrected chi connectivity index (χ1v) is 6.92. The molecule has 0 aromatic heterocycles. The van der Waals surface area contributed by atoms with Crippen LogP contribution in [0, 0.1) is 0 Å². The van der Waals surface area contributed by atoms with E-state index in [1.165, 1.54) is 11.1 Å². The lowest BCUT2D eigenvalue weighted by atomic mass is 9.88. The van der Waals surface area contributed by atoms with Crippen LogP contribution >= 0.6 is 0 Å². The Morgan fingerprint density at radius 3 is 2.60 bits per heavy atom. The number of aliphatic hydroxyl groups is 1. The number of aryl methyl sites for hydroxylation is 1. The third-order valence-electron chi connectivity index (χ3n) is 3.78. The highest BCUT2D eigenvalue weighted by molar-refractivity contribution is 5.35. The van der Waals surface area contributed by atoms with Gasteiger partial charge in [-0.05, 0) is 53.8 Å². The van der Waals surface area contributed by atoms with E-state index in [0.29, 0.717) is 0 Å². The molecule has 2 aromatic carbocycles. The second kappa shape index (κ2) is 5.55. The monoisotopic (exact) mass is 270 g/mol. The van der Waals surface area contributed by atoms with Crippen molar-refractivity contribution in [1.29, 1.82) is 0 Å². The van der Waals surface area contributed by atoms with E-state index < -0.39 is 0 Å². The van der Waals surface area contributed by atoms with E-state index in [4.69, 9.17) is 9.84 Å². The van der Waals surface area contributed by atoms with Crippen LogP contribution < -0.4 is 4.74 Å². The Morgan fingerprint density at radius 1 is 1.05 bits per heavy atom. The number of phenols is 1. The Hall–Kier alpha value is -2.00. The van der Waals surface area contributed by atoms with Gasteiger partial charge in [0.15, 0.2) is 0 Å². The molecule has 0 radical (unpaired) electrons. The van der Waals surface area contributed by atoms with E-state index in [1.54, 1.807) is 24.3 Å². The van der Waals surface area contributed by atoms with E-state index in [2.05, 4.69) is 12.1 Å². The second-order valence-corrected chi connectivity index (χ2v) is 5.24. The summed E-state index contributed by atoms with van der Waals surface area (Å²) in [6.45, 7) is 0.0979. The number of rotatable bonds is 3. The normalized spacial score (nSPS) is 17.6.